The zero-order valence-electron chi connectivity index (χ0n) is 12.5. The maximum Gasteiger partial charge on any atom is 0.121 e. The number of hydrogen-bond acceptors (Lipinski definition) is 2. The summed E-state index contributed by atoms with van der Waals surface area (Å²) in [6.07, 6.45) is 5.89. The SMILES string of the molecule is CCCNC(CCCC(C)C)c1ccc(CC)o1. The lowest BCUT2D eigenvalue weighted by Gasteiger charge is -2.17. The maximum absolute atomic E-state index is 5.89. The van der Waals surface area contributed by atoms with Gasteiger partial charge in [0, 0.05) is 6.42 Å². The van der Waals surface area contributed by atoms with Crippen LogP contribution in [-0.4, -0.2) is 6.54 Å². The van der Waals surface area contributed by atoms with E-state index >= 15 is 0 Å². The van der Waals surface area contributed by atoms with Gasteiger partial charge in [0.25, 0.3) is 0 Å². The third kappa shape index (κ3) is 5.26. The highest BCUT2D eigenvalue weighted by molar-refractivity contribution is 5.10. The average Bonchev–Trinajstić information content (AvgIpc) is 2.81. The van der Waals surface area contributed by atoms with Gasteiger partial charge < -0.3 is 9.73 Å². The number of rotatable bonds is 9. The lowest BCUT2D eigenvalue weighted by atomic mass is 10.0. The minimum atomic E-state index is 0.393. The molecule has 0 fully saturated rings. The molecule has 0 saturated heterocycles. The molecule has 0 aliphatic heterocycles. The standard InChI is InChI=1S/C16H29NO/c1-5-12-17-15(9-7-8-13(3)4)16-11-10-14(6-2)18-16/h10-11,13,15,17H,5-9,12H2,1-4H3. The molecule has 1 aromatic heterocycles. The third-order valence-electron chi connectivity index (χ3n) is 3.29. The van der Waals surface area contributed by atoms with Crippen molar-refractivity contribution in [3.05, 3.63) is 23.7 Å². The summed E-state index contributed by atoms with van der Waals surface area (Å²) in [4.78, 5) is 0. The summed E-state index contributed by atoms with van der Waals surface area (Å²) in [7, 11) is 0. The predicted molar refractivity (Wildman–Crippen MR) is 77.8 cm³/mol. The molecule has 2 heteroatoms. The highest BCUT2D eigenvalue weighted by Gasteiger charge is 2.14. The molecule has 0 bridgehead atoms. The molecule has 0 aliphatic rings. The van der Waals surface area contributed by atoms with E-state index in [9.17, 15) is 0 Å². The molecule has 1 N–H and O–H groups in total. The van der Waals surface area contributed by atoms with Gasteiger partial charge in [0.1, 0.15) is 11.5 Å². The van der Waals surface area contributed by atoms with E-state index < -0.39 is 0 Å². The van der Waals surface area contributed by atoms with E-state index in [-0.39, 0.29) is 0 Å². The molecule has 0 saturated carbocycles. The van der Waals surface area contributed by atoms with Gasteiger partial charge in [-0.2, -0.15) is 0 Å². The zero-order valence-corrected chi connectivity index (χ0v) is 12.5. The summed E-state index contributed by atoms with van der Waals surface area (Å²) in [5, 5.41) is 3.60. The molecule has 18 heavy (non-hydrogen) atoms. The topological polar surface area (TPSA) is 25.2 Å². The first kappa shape index (κ1) is 15.3. The van der Waals surface area contributed by atoms with Crippen LogP contribution in [0.2, 0.25) is 0 Å². The van der Waals surface area contributed by atoms with Crippen molar-refractivity contribution in [2.24, 2.45) is 5.92 Å². The molecular weight excluding hydrogens is 222 g/mol. The van der Waals surface area contributed by atoms with Gasteiger partial charge in [-0.1, -0.05) is 40.5 Å². The van der Waals surface area contributed by atoms with Crippen LogP contribution in [0.25, 0.3) is 0 Å². The van der Waals surface area contributed by atoms with Crippen molar-refractivity contribution >= 4 is 0 Å². The van der Waals surface area contributed by atoms with Gasteiger partial charge >= 0.3 is 0 Å². The molecule has 0 spiro atoms. The number of aryl methyl sites for hydroxylation is 1. The summed E-state index contributed by atoms with van der Waals surface area (Å²) in [6, 6.07) is 4.64. The summed E-state index contributed by atoms with van der Waals surface area (Å²) in [5.41, 5.74) is 0. The Hall–Kier alpha value is -0.760. The minimum absolute atomic E-state index is 0.393. The van der Waals surface area contributed by atoms with E-state index in [0.717, 1.165) is 30.4 Å². The Balaban J connectivity index is 2.53. The lowest BCUT2D eigenvalue weighted by Crippen LogP contribution is -2.21. The van der Waals surface area contributed by atoms with Gasteiger partial charge in [0.05, 0.1) is 6.04 Å². The summed E-state index contributed by atoms with van der Waals surface area (Å²) in [6.45, 7) is 9.98. The van der Waals surface area contributed by atoms with Crippen LogP contribution in [-0.2, 0) is 6.42 Å². The van der Waals surface area contributed by atoms with E-state index in [1.165, 1.54) is 25.7 Å². The van der Waals surface area contributed by atoms with Crippen LogP contribution in [0.3, 0.4) is 0 Å². The number of hydrogen-bond donors (Lipinski definition) is 1. The fourth-order valence-corrected chi connectivity index (χ4v) is 2.17. The van der Waals surface area contributed by atoms with E-state index in [2.05, 4.69) is 45.1 Å². The van der Waals surface area contributed by atoms with E-state index in [4.69, 9.17) is 4.42 Å². The smallest absolute Gasteiger partial charge is 0.121 e. The maximum atomic E-state index is 5.89. The lowest BCUT2D eigenvalue weighted by molar-refractivity contribution is 0.365. The molecule has 0 radical (unpaired) electrons. The van der Waals surface area contributed by atoms with Crippen LogP contribution in [0.15, 0.2) is 16.5 Å². The van der Waals surface area contributed by atoms with Gasteiger partial charge in [-0.15, -0.1) is 0 Å². The number of furan rings is 1. The molecule has 1 aromatic rings. The van der Waals surface area contributed by atoms with Crippen LogP contribution >= 0.6 is 0 Å². The van der Waals surface area contributed by atoms with Crippen LogP contribution in [0, 0.1) is 5.92 Å². The van der Waals surface area contributed by atoms with Crippen molar-refractivity contribution in [2.45, 2.75) is 65.8 Å². The largest absolute Gasteiger partial charge is 0.464 e. The van der Waals surface area contributed by atoms with Crippen molar-refractivity contribution < 1.29 is 4.42 Å². The average molecular weight is 251 g/mol. The van der Waals surface area contributed by atoms with Gasteiger partial charge in [-0.05, 0) is 37.4 Å². The highest BCUT2D eigenvalue weighted by atomic mass is 16.3. The Morgan fingerprint density at radius 2 is 1.94 bits per heavy atom. The van der Waals surface area contributed by atoms with Gasteiger partial charge in [-0.25, -0.2) is 0 Å². The predicted octanol–water partition coefficient (Wildman–Crippen LogP) is 4.71. The summed E-state index contributed by atoms with van der Waals surface area (Å²) in [5.74, 6) is 3.00. The van der Waals surface area contributed by atoms with E-state index in [1.54, 1.807) is 0 Å². The molecule has 0 aromatic carbocycles. The fourth-order valence-electron chi connectivity index (χ4n) is 2.17. The zero-order chi connectivity index (χ0) is 13.4. The Labute approximate surface area is 112 Å². The minimum Gasteiger partial charge on any atom is -0.464 e. The van der Waals surface area contributed by atoms with Crippen molar-refractivity contribution in [3.8, 4) is 0 Å². The van der Waals surface area contributed by atoms with Gasteiger partial charge in [-0.3, -0.25) is 0 Å². The van der Waals surface area contributed by atoms with E-state index in [1.807, 2.05) is 0 Å². The van der Waals surface area contributed by atoms with Crippen LogP contribution < -0.4 is 5.32 Å². The molecule has 0 amide bonds. The van der Waals surface area contributed by atoms with Crippen molar-refractivity contribution in [3.63, 3.8) is 0 Å². The van der Waals surface area contributed by atoms with Crippen molar-refractivity contribution in [1.29, 1.82) is 0 Å². The monoisotopic (exact) mass is 251 g/mol. The summed E-state index contributed by atoms with van der Waals surface area (Å²) >= 11 is 0. The second-order valence-corrected chi connectivity index (χ2v) is 5.49. The fraction of sp³-hybridized carbons (Fsp3) is 0.750. The number of nitrogens with one attached hydrogen (secondary N) is 1. The Kier molecular flexibility index (Phi) is 7.11. The van der Waals surface area contributed by atoms with Crippen molar-refractivity contribution in [2.75, 3.05) is 6.54 Å². The molecule has 2 nitrogen and oxygen atoms in total. The Morgan fingerprint density at radius 1 is 1.17 bits per heavy atom. The Morgan fingerprint density at radius 3 is 2.50 bits per heavy atom. The first-order chi connectivity index (χ1) is 8.67. The molecule has 1 unspecified atom stereocenters. The van der Waals surface area contributed by atoms with Crippen molar-refractivity contribution in [1.82, 2.24) is 5.32 Å². The first-order valence-electron chi connectivity index (χ1n) is 7.49. The van der Waals surface area contributed by atoms with Crippen LogP contribution in [0.5, 0.6) is 0 Å². The molecular formula is C16H29NO. The second-order valence-electron chi connectivity index (χ2n) is 5.49. The van der Waals surface area contributed by atoms with Gasteiger partial charge in [0.15, 0.2) is 0 Å². The first-order valence-corrected chi connectivity index (χ1v) is 7.49. The Bertz CT molecular complexity index is 317. The van der Waals surface area contributed by atoms with Gasteiger partial charge in [0.2, 0.25) is 0 Å². The molecule has 0 aliphatic carbocycles. The molecule has 1 heterocycles. The second kappa shape index (κ2) is 8.36. The quantitative estimate of drug-likeness (QED) is 0.687. The van der Waals surface area contributed by atoms with Crippen LogP contribution in [0.1, 0.15) is 70.9 Å². The van der Waals surface area contributed by atoms with Crippen LogP contribution in [0.4, 0.5) is 0 Å². The normalized spacial score (nSPS) is 13.2. The third-order valence-corrected chi connectivity index (χ3v) is 3.29. The van der Waals surface area contributed by atoms with E-state index in [0.29, 0.717) is 6.04 Å². The molecule has 104 valence electrons. The molecule has 1 rings (SSSR count). The molecule has 1 atom stereocenters. The summed E-state index contributed by atoms with van der Waals surface area (Å²) < 4.78 is 5.89. The highest BCUT2D eigenvalue weighted by Crippen LogP contribution is 2.23.